The lowest BCUT2D eigenvalue weighted by Gasteiger charge is -2.28. The molecule has 4 nitrogen and oxygen atoms in total. The first-order chi connectivity index (χ1) is 9.91. The maximum atomic E-state index is 5.15. The third kappa shape index (κ3) is 5.85. The lowest BCUT2D eigenvalue weighted by molar-refractivity contribution is 0.364. The van der Waals surface area contributed by atoms with Gasteiger partial charge in [0, 0.05) is 26.7 Å². The number of unbranched alkanes of at least 4 members (excludes halogenated alkanes) is 1. The molecule has 0 amide bonds. The van der Waals surface area contributed by atoms with E-state index in [0.717, 1.165) is 26.1 Å². The summed E-state index contributed by atoms with van der Waals surface area (Å²) in [5.41, 5.74) is 0.102. The van der Waals surface area contributed by atoms with E-state index >= 15 is 0 Å². The largest absolute Gasteiger partial charge is 0.344 e. The number of likely N-dealkylation sites (N-methyl/N-ethyl adjacent to an activating group) is 1. The van der Waals surface area contributed by atoms with Crippen LogP contribution in [0.15, 0.2) is 4.99 Å². The molecule has 1 aliphatic heterocycles. The summed E-state index contributed by atoms with van der Waals surface area (Å²) in [5, 5.41) is 0. The van der Waals surface area contributed by atoms with Gasteiger partial charge in [-0.15, -0.1) is 0 Å². The molecule has 0 saturated carbocycles. The standard InChI is InChI=1S/C17H36N4/c1-7-11-17(3,8-2)18-16-20(6)14-15-21(16)13-10-9-12-19(4)5/h7-15H2,1-6H3. The fraction of sp³-hybridized carbons (Fsp3) is 0.941. The average Bonchev–Trinajstić information content (AvgIpc) is 2.76. The van der Waals surface area contributed by atoms with E-state index in [9.17, 15) is 0 Å². The van der Waals surface area contributed by atoms with Crippen molar-refractivity contribution in [2.75, 3.05) is 47.3 Å². The predicted molar refractivity (Wildman–Crippen MR) is 93.0 cm³/mol. The van der Waals surface area contributed by atoms with Crippen LogP contribution in [0.1, 0.15) is 52.9 Å². The normalized spacial score (nSPS) is 20.6. The molecule has 124 valence electrons. The summed E-state index contributed by atoms with van der Waals surface area (Å²) < 4.78 is 0. The van der Waals surface area contributed by atoms with Gasteiger partial charge in [0.25, 0.3) is 0 Å². The molecule has 1 saturated heterocycles. The second-order valence-corrected chi connectivity index (χ2v) is 6.93. The fourth-order valence-corrected chi connectivity index (χ4v) is 2.90. The first-order valence-corrected chi connectivity index (χ1v) is 8.62. The highest BCUT2D eigenvalue weighted by Crippen LogP contribution is 2.24. The van der Waals surface area contributed by atoms with Gasteiger partial charge in [-0.1, -0.05) is 20.3 Å². The maximum absolute atomic E-state index is 5.15. The molecule has 1 heterocycles. The molecule has 1 rings (SSSR count). The lowest BCUT2D eigenvalue weighted by atomic mass is 9.94. The van der Waals surface area contributed by atoms with Gasteiger partial charge in [0.1, 0.15) is 0 Å². The quantitative estimate of drug-likeness (QED) is 0.611. The summed E-state index contributed by atoms with van der Waals surface area (Å²) in [4.78, 5) is 12.2. The Balaban J connectivity index is 2.63. The van der Waals surface area contributed by atoms with Gasteiger partial charge in [0.2, 0.25) is 0 Å². The molecule has 0 N–H and O–H groups in total. The maximum Gasteiger partial charge on any atom is 0.196 e. The van der Waals surface area contributed by atoms with Gasteiger partial charge in [-0.25, -0.2) is 4.99 Å². The van der Waals surface area contributed by atoms with Crippen LogP contribution < -0.4 is 0 Å². The molecule has 0 aliphatic carbocycles. The van der Waals surface area contributed by atoms with Crippen LogP contribution in [0.2, 0.25) is 0 Å². The van der Waals surface area contributed by atoms with Crippen LogP contribution in [0, 0.1) is 0 Å². The Bertz CT molecular complexity index is 327. The first kappa shape index (κ1) is 18.3. The molecule has 0 aromatic carbocycles. The van der Waals surface area contributed by atoms with Crippen LogP contribution in [0.3, 0.4) is 0 Å². The number of hydrogen-bond acceptors (Lipinski definition) is 2. The van der Waals surface area contributed by atoms with Crippen molar-refractivity contribution in [3.8, 4) is 0 Å². The summed E-state index contributed by atoms with van der Waals surface area (Å²) in [5.74, 6) is 1.22. The van der Waals surface area contributed by atoms with E-state index < -0.39 is 0 Å². The highest BCUT2D eigenvalue weighted by atomic mass is 15.4. The predicted octanol–water partition coefficient (Wildman–Crippen LogP) is 2.90. The molecular formula is C17H36N4. The van der Waals surface area contributed by atoms with Crippen LogP contribution in [0.25, 0.3) is 0 Å². The first-order valence-electron chi connectivity index (χ1n) is 8.62. The summed E-state index contributed by atoms with van der Waals surface area (Å²) in [6.07, 6.45) is 6.01. The van der Waals surface area contributed by atoms with Crippen molar-refractivity contribution in [1.82, 2.24) is 14.7 Å². The van der Waals surface area contributed by atoms with Gasteiger partial charge >= 0.3 is 0 Å². The van der Waals surface area contributed by atoms with Crippen molar-refractivity contribution in [3.05, 3.63) is 0 Å². The Morgan fingerprint density at radius 1 is 1.19 bits per heavy atom. The SMILES string of the molecule is CCCC(C)(CC)N=C1N(C)CCN1CCCCN(C)C. The number of guanidine groups is 1. The van der Waals surface area contributed by atoms with Crippen molar-refractivity contribution in [3.63, 3.8) is 0 Å². The van der Waals surface area contributed by atoms with E-state index in [1.807, 2.05) is 0 Å². The topological polar surface area (TPSA) is 22.1 Å². The summed E-state index contributed by atoms with van der Waals surface area (Å²) >= 11 is 0. The van der Waals surface area contributed by atoms with Gasteiger partial charge in [-0.05, 0) is 53.2 Å². The van der Waals surface area contributed by atoms with E-state index in [2.05, 4.69) is 56.6 Å². The minimum atomic E-state index is 0.102. The van der Waals surface area contributed by atoms with E-state index in [4.69, 9.17) is 4.99 Å². The number of rotatable bonds is 9. The third-order valence-corrected chi connectivity index (χ3v) is 4.53. The lowest BCUT2D eigenvalue weighted by Crippen LogP contribution is -2.36. The Morgan fingerprint density at radius 2 is 1.90 bits per heavy atom. The molecule has 1 aliphatic rings. The Hall–Kier alpha value is -0.770. The van der Waals surface area contributed by atoms with Crippen LogP contribution >= 0.6 is 0 Å². The van der Waals surface area contributed by atoms with E-state index in [0.29, 0.717) is 0 Å². The van der Waals surface area contributed by atoms with Gasteiger partial charge in [-0.2, -0.15) is 0 Å². The van der Waals surface area contributed by atoms with Gasteiger partial charge < -0.3 is 14.7 Å². The number of hydrogen-bond donors (Lipinski definition) is 0. The molecule has 1 atom stereocenters. The fourth-order valence-electron chi connectivity index (χ4n) is 2.90. The zero-order valence-electron chi connectivity index (χ0n) is 15.2. The second-order valence-electron chi connectivity index (χ2n) is 6.93. The van der Waals surface area contributed by atoms with Crippen LogP contribution in [-0.4, -0.2) is 73.5 Å². The van der Waals surface area contributed by atoms with E-state index in [-0.39, 0.29) is 5.54 Å². The van der Waals surface area contributed by atoms with Crippen LogP contribution in [0.4, 0.5) is 0 Å². The Morgan fingerprint density at radius 3 is 2.48 bits per heavy atom. The smallest absolute Gasteiger partial charge is 0.196 e. The highest BCUT2D eigenvalue weighted by Gasteiger charge is 2.28. The number of aliphatic imine (C=N–C) groups is 1. The zero-order chi connectivity index (χ0) is 15.9. The molecule has 0 aromatic heterocycles. The van der Waals surface area contributed by atoms with Crippen LogP contribution in [0.5, 0.6) is 0 Å². The second kappa shape index (κ2) is 8.62. The number of nitrogens with zero attached hydrogens (tertiary/aromatic N) is 4. The van der Waals surface area contributed by atoms with E-state index in [1.54, 1.807) is 0 Å². The van der Waals surface area contributed by atoms with Crippen molar-refractivity contribution in [2.45, 2.75) is 58.4 Å². The minimum absolute atomic E-state index is 0.102. The molecule has 21 heavy (non-hydrogen) atoms. The van der Waals surface area contributed by atoms with Crippen molar-refractivity contribution < 1.29 is 0 Å². The molecule has 0 spiro atoms. The third-order valence-electron chi connectivity index (χ3n) is 4.53. The molecule has 0 radical (unpaired) electrons. The highest BCUT2D eigenvalue weighted by molar-refractivity contribution is 5.82. The average molecular weight is 297 g/mol. The molecular weight excluding hydrogens is 260 g/mol. The minimum Gasteiger partial charge on any atom is -0.344 e. The van der Waals surface area contributed by atoms with E-state index in [1.165, 1.54) is 38.2 Å². The van der Waals surface area contributed by atoms with Gasteiger partial charge in [0.05, 0.1) is 5.54 Å². The van der Waals surface area contributed by atoms with Crippen molar-refractivity contribution in [1.29, 1.82) is 0 Å². The Labute approximate surface area is 132 Å². The molecule has 0 bridgehead atoms. The van der Waals surface area contributed by atoms with Crippen molar-refractivity contribution >= 4 is 5.96 Å². The summed E-state index contributed by atoms with van der Waals surface area (Å²) in [6.45, 7) is 11.4. The molecule has 1 fully saturated rings. The monoisotopic (exact) mass is 296 g/mol. The van der Waals surface area contributed by atoms with Gasteiger partial charge in [0.15, 0.2) is 5.96 Å². The Kier molecular flexibility index (Phi) is 7.50. The summed E-state index contributed by atoms with van der Waals surface area (Å²) in [6, 6.07) is 0. The zero-order valence-corrected chi connectivity index (χ0v) is 15.2. The summed E-state index contributed by atoms with van der Waals surface area (Å²) in [7, 11) is 6.47. The van der Waals surface area contributed by atoms with Crippen LogP contribution in [-0.2, 0) is 0 Å². The van der Waals surface area contributed by atoms with Crippen molar-refractivity contribution in [2.24, 2.45) is 4.99 Å². The molecule has 4 heteroatoms. The molecule has 0 aromatic rings. The van der Waals surface area contributed by atoms with Gasteiger partial charge in [-0.3, -0.25) is 0 Å². The molecule has 1 unspecified atom stereocenters.